The van der Waals surface area contributed by atoms with Gasteiger partial charge in [-0.25, -0.2) is 19.1 Å². The molecule has 0 spiro atoms. The lowest BCUT2D eigenvalue weighted by Crippen LogP contribution is -2.53. The first-order chi connectivity index (χ1) is 30.6. The van der Waals surface area contributed by atoms with Gasteiger partial charge in [0.1, 0.15) is 34.1 Å². The summed E-state index contributed by atoms with van der Waals surface area (Å²) in [5.74, 6) is -0.650. The highest BCUT2D eigenvalue weighted by molar-refractivity contribution is 5.82. The number of rotatable bonds is 15. The second-order valence-corrected chi connectivity index (χ2v) is 19.2. The number of nitrogens with one attached hydrogen (secondary N) is 3. The van der Waals surface area contributed by atoms with Crippen molar-refractivity contribution in [3.05, 3.63) is 120 Å². The molecule has 65 heavy (non-hydrogen) atoms. The van der Waals surface area contributed by atoms with Crippen LogP contribution in [0.2, 0.25) is 0 Å². The van der Waals surface area contributed by atoms with E-state index in [4.69, 9.17) is 14.2 Å². The van der Waals surface area contributed by atoms with Crippen molar-refractivity contribution in [2.45, 2.75) is 122 Å². The van der Waals surface area contributed by atoms with Crippen LogP contribution in [0.4, 0.5) is 14.4 Å². The Balaban J connectivity index is 1.44. The van der Waals surface area contributed by atoms with Gasteiger partial charge in [-0.05, 0) is 98.3 Å². The molecule has 0 unspecified atom stereocenters. The summed E-state index contributed by atoms with van der Waals surface area (Å²) in [6.07, 6.45) is 0.935. The van der Waals surface area contributed by atoms with Gasteiger partial charge in [0, 0.05) is 32.7 Å². The average Bonchev–Trinajstić information content (AvgIpc) is 3.73. The van der Waals surface area contributed by atoms with Crippen LogP contribution in [-0.4, -0.2) is 104 Å². The zero-order valence-electron chi connectivity index (χ0n) is 39.3. The Bertz CT molecular complexity index is 2090. The smallest absolute Gasteiger partial charge is 0.410 e. The summed E-state index contributed by atoms with van der Waals surface area (Å²) in [4.78, 5) is 71.0. The molecule has 0 radical (unpaired) electrons. The fraction of sp³-hybridized carbons (Fsp3) is 0.490. The Morgan fingerprint density at radius 1 is 0.631 bits per heavy atom. The predicted octanol–water partition coefficient (Wildman–Crippen LogP) is 7.66. The summed E-state index contributed by atoms with van der Waals surface area (Å²) in [5, 5.41) is 17.9. The molecule has 0 bridgehead atoms. The van der Waals surface area contributed by atoms with E-state index in [1.54, 1.807) is 78.3 Å². The van der Waals surface area contributed by atoms with Crippen LogP contribution in [0.1, 0.15) is 122 Å². The molecule has 0 saturated carbocycles. The molecule has 3 N–H and O–H groups in total. The Morgan fingerprint density at radius 2 is 1.11 bits per heavy atom. The summed E-state index contributed by atoms with van der Waals surface area (Å²) in [6.45, 7) is 17.4. The van der Waals surface area contributed by atoms with Gasteiger partial charge in [-0.3, -0.25) is 9.59 Å². The minimum absolute atomic E-state index is 0.231. The van der Waals surface area contributed by atoms with Crippen LogP contribution >= 0.6 is 0 Å². The number of ether oxygens (including phenoxy) is 3. The van der Waals surface area contributed by atoms with E-state index in [2.05, 4.69) is 26.3 Å². The Morgan fingerprint density at radius 3 is 1.60 bits per heavy atom. The molecule has 1 aliphatic heterocycles. The fourth-order valence-electron chi connectivity index (χ4n) is 7.49. The predicted molar refractivity (Wildman–Crippen MR) is 246 cm³/mol. The van der Waals surface area contributed by atoms with Crippen molar-refractivity contribution in [2.24, 2.45) is 0 Å². The van der Waals surface area contributed by atoms with Crippen molar-refractivity contribution in [2.75, 3.05) is 32.7 Å². The lowest BCUT2D eigenvalue weighted by molar-refractivity contribution is -0.137. The zero-order valence-corrected chi connectivity index (χ0v) is 39.3. The second kappa shape index (κ2) is 21.5. The molecule has 2 heterocycles. The van der Waals surface area contributed by atoms with E-state index in [9.17, 15) is 24.0 Å². The lowest BCUT2D eigenvalue weighted by atomic mass is 9.77. The molecule has 4 aromatic rings. The van der Waals surface area contributed by atoms with Gasteiger partial charge < -0.3 is 40.0 Å². The molecule has 1 saturated heterocycles. The molecular formula is C49H66N8O8. The van der Waals surface area contributed by atoms with Crippen LogP contribution in [0.3, 0.4) is 0 Å². The number of hydrogen-bond donors (Lipinski definition) is 3. The topological polar surface area (TPSA) is 186 Å². The molecule has 16 heteroatoms. The van der Waals surface area contributed by atoms with Crippen LogP contribution < -0.4 is 16.0 Å². The largest absolute Gasteiger partial charge is 0.444 e. The van der Waals surface area contributed by atoms with Crippen LogP contribution in [0, 0.1) is 0 Å². The van der Waals surface area contributed by atoms with Gasteiger partial charge in [0.05, 0.1) is 18.7 Å². The summed E-state index contributed by atoms with van der Waals surface area (Å²) < 4.78 is 18.0. The van der Waals surface area contributed by atoms with Gasteiger partial charge in [-0.1, -0.05) is 96.2 Å². The van der Waals surface area contributed by atoms with E-state index < -0.39 is 58.6 Å². The normalized spacial score (nSPS) is 14.4. The van der Waals surface area contributed by atoms with Crippen molar-refractivity contribution < 1.29 is 38.2 Å². The van der Waals surface area contributed by atoms with Crippen LogP contribution in [0.15, 0.2) is 97.2 Å². The van der Waals surface area contributed by atoms with E-state index >= 15 is 0 Å². The van der Waals surface area contributed by atoms with Crippen LogP contribution in [0.5, 0.6) is 0 Å². The molecule has 0 aliphatic carbocycles. The van der Waals surface area contributed by atoms with Gasteiger partial charge in [0.15, 0.2) is 0 Å². The fourth-order valence-corrected chi connectivity index (χ4v) is 7.49. The van der Waals surface area contributed by atoms with E-state index in [-0.39, 0.29) is 44.2 Å². The van der Waals surface area contributed by atoms with Gasteiger partial charge >= 0.3 is 18.3 Å². The lowest BCUT2D eigenvalue weighted by Gasteiger charge is -2.37. The highest BCUT2D eigenvalue weighted by Gasteiger charge is 2.39. The molecule has 3 aromatic carbocycles. The molecule has 5 amide bonds. The maximum atomic E-state index is 14.7. The average molecular weight is 895 g/mol. The molecule has 2 atom stereocenters. The monoisotopic (exact) mass is 895 g/mol. The van der Waals surface area contributed by atoms with Crippen molar-refractivity contribution in [1.29, 1.82) is 0 Å². The number of hydrogen-bond acceptors (Lipinski definition) is 10. The molecule has 1 fully saturated rings. The summed E-state index contributed by atoms with van der Waals surface area (Å²) in [7, 11) is 0. The van der Waals surface area contributed by atoms with E-state index in [0.29, 0.717) is 25.8 Å². The maximum absolute atomic E-state index is 14.7. The quantitative estimate of drug-likeness (QED) is 0.0608. The van der Waals surface area contributed by atoms with Gasteiger partial charge in [0.2, 0.25) is 11.8 Å². The Kier molecular flexibility index (Phi) is 16.4. The van der Waals surface area contributed by atoms with Crippen LogP contribution in [-0.2, 0) is 29.3 Å². The van der Waals surface area contributed by atoms with E-state index in [0.717, 1.165) is 16.7 Å². The molecule has 350 valence electrons. The highest BCUT2D eigenvalue weighted by Crippen LogP contribution is 2.37. The second-order valence-electron chi connectivity index (χ2n) is 19.2. The molecule has 16 nitrogen and oxygen atoms in total. The Hall–Kier alpha value is -6.45. The number of alkyl carbamates (subject to hydrolysis) is 2. The number of carbonyl (C=O) groups is 5. The van der Waals surface area contributed by atoms with Crippen LogP contribution in [0.25, 0.3) is 0 Å². The first-order valence-corrected chi connectivity index (χ1v) is 22.3. The molecule has 5 rings (SSSR count). The minimum atomic E-state index is -1.13. The van der Waals surface area contributed by atoms with E-state index in [1.165, 1.54) is 4.68 Å². The first kappa shape index (κ1) is 49.6. The third kappa shape index (κ3) is 14.5. The van der Waals surface area contributed by atoms with Crippen molar-refractivity contribution in [1.82, 2.24) is 40.7 Å². The summed E-state index contributed by atoms with van der Waals surface area (Å²) in [5.41, 5.74) is -0.585. The molecule has 1 aliphatic rings. The van der Waals surface area contributed by atoms with Crippen molar-refractivity contribution in [3.63, 3.8) is 0 Å². The van der Waals surface area contributed by atoms with Gasteiger partial charge in [-0.15, -0.1) is 5.10 Å². The third-order valence-corrected chi connectivity index (χ3v) is 10.3. The maximum Gasteiger partial charge on any atom is 0.410 e. The third-order valence-electron chi connectivity index (χ3n) is 10.3. The Labute approximate surface area is 382 Å². The number of unbranched alkanes of at least 4 members (excludes halogenated alkanes) is 1. The van der Waals surface area contributed by atoms with E-state index in [1.807, 2.05) is 91.0 Å². The summed E-state index contributed by atoms with van der Waals surface area (Å²) in [6, 6.07) is 27.2. The minimum Gasteiger partial charge on any atom is -0.444 e. The van der Waals surface area contributed by atoms with Crippen molar-refractivity contribution in [3.8, 4) is 0 Å². The number of carbonyl (C=O) groups excluding carboxylic acids is 5. The van der Waals surface area contributed by atoms with Crippen molar-refractivity contribution >= 4 is 30.1 Å². The number of aromatic nitrogens is 3. The summed E-state index contributed by atoms with van der Waals surface area (Å²) >= 11 is 0. The number of benzene rings is 3. The SMILES string of the molecule is CC(C)(C)OC(=O)NCCCC[C@@H](C(=O)N1CCN(C(=O)OC(C)(C)C)CC1)n1cc([C@H](CC(=O)NC(c2ccccc2)(c2ccccc2)c2ccccc2)NC(=O)OC(C)(C)C)nn1. The van der Waals surface area contributed by atoms with Gasteiger partial charge in [0.25, 0.3) is 0 Å². The standard InChI is InChI=1S/C49H66N8O8/c1-46(2,3)63-43(60)50-28-20-19-27-40(42(59)55-29-31-56(32-30-55)45(62)65-48(7,8)9)57-34-39(53-54-57)38(51-44(61)64-47(4,5)6)33-41(58)52-49(35-21-13-10-14-22-35,36-23-15-11-16-24-36)37-25-17-12-18-26-37/h10-18,21-26,34,38,40H,19-20,27-33H2,1-9H3,(H,50,60)(H,51,61)(H,52,58)/t38-,40-/m0/s1. The number of piperazine rings is 1. The highest BCUT2D eigenvalue weighted by atomic mass is 16.6. The first-order valence-electron chi connectivity index (χ1n) is 22.3. The molecule has 1 aromatic heterocycles. The van der Waals surface area contributed by atoms with Gasteiger partial charge in [-0.2, -0.15) is 0 Å². The number of amides is 5. The number of nitrogens with zero attached hydrogens (tertiary/aromatic N) is 5. The molecular weight excluding hydrogens is 829 g/mol. The zero-order chi connectivity index (χ0) is 47.4.